The van der Waals surface area contributed by atoms with Crippen LogP contribution in [0.2, 0.25) is 0 Å². The molecule has 3 nitrogen and oxygen atoms in total. The fourth-order valence-electron chi connectivity index (χ4n) is 1.94. The van der Waals surface area contributed by atoms with Crippen molar-refractivity contribution in [2.45, 2.75) is 19.8 Å². The van der Waals surface area contributed by atoms with Gasteiger partial charge < -0.3 is 10.6 Å². The van der Waals surface area contributed by atoms with E-state index in [-0.39, 0.29) is 5.91 Å². The lowest BCUT2D eigenvalue weighted by atomic mass is 10.1. The van der Waals surface area contributed by atoms with Crippen molar-refractivity contribution in [3.05, 3.63) is 59.4 Å². The topological polar surface area (TPSA) is 41.1 Å². The van der Waals surface area contributed by atoms with Gasteiger partial charge in [0, 0.05) is 17.8 Å². The van der Waals surface area contributed by atoms with Crippen LogP contribution in [0.25, 0.3) is 0 Å². The highest BCUT2D eigenvalue weighted by Crippen LogP contribution is 2.11. The van der Waals surface area contributed by atoms with Crippen LogP contribution in [0.5, 0.6) is 0 Å². The van der Waals surface area contributed by atoms with E-state index in [9.17, 15) is 4.79 Å². The van der Waals surface area contributed by atoms with Crippen LogP contribution >= 0.6 is 0 Å². The first-order chi connectivity index (χ1) is 8.77. The second-order valence-corrected chi connectivity index (χ2v) is 4.35. The van der Waals surface area contributed by atoms with Crippen molar-refractivity contribution in [1.82, 2.24) is 10.6 Å². The van der Waals surface area contributed by atoms with Gasteiger partial charge in [0.15, 0.2) is 0 Å². The summed E-state index contributed by atoms with van der Waals surface area (Å²) in [6.07, 6.45) is 5.40. The molecule has 0 fully saturated rings. The fraction of sp³-hybridized carbons (Fsp3) is 0.267. The number of hydrogen-bond donors (Lipinski definition) is 2. The Morgan fingerprint density at radius 1 is 1.33 bits per heavy atom. The van der Waals surface area contributed by atoms with Crippen molar-refractivity contribution in [3.8, 4) is 0 Å². The highest BCUT2D eigenvalue weighted by atomic mass is 16.1. The summed E-state index contributed by atoms with van der Waals surface area (Å²) in [7, 11) is 0. The summed E-state index contributed by atoms with van der Waals surface area (Å²) in [4.78, 5) is 12.0. The molecule has 0 atom stereocenters. The maximum atomic E-state index is 12.0. The number of nitrogens with one attached hydrogen (secondary N) is 2. The molecule has 3 heteroatoms. The van der Waals surface area contributed by atoms with Crippen LogP contribution in [0.4, 0.5) is 0 Å². The molecule has 0 bridgehead atoms. The van der Waals surface area contributed by atoms with Gasteiger partial charge in [-0.05, 0) is 31.5 Å². The van der Waals surface area contributed by atoms with Crippen molar-refractivity contribution < 1.29 is 4.79 Å². The first kappa shape index (κ1) is 12.4. The molecule has 1 amide bonds. The first-order valence-corrected chi connectivity index (χ1v) is 6.21. The minimum atomic E-state index is 0.0280. The predicted octanol–water partition coefficient (Wildman–Crippen LogP) is 2.13. The summed E-state index contributed by atoms with van der Waals surface area (Å²) in [5.74, 6) is 0.0280. The van der Waals surface area contributed by atoms with E-state index in [2.05, 4.69) is 22.8 Å². The van der Waals surface area contributed by atoms with E-state index in [4.69, 9.17) is 0 Å². The smallest absolute Gasteiger partial charge is 0.249 e. The molecule has 0 unspecified atom stereocenters. The number of carbonyl (C=O) groups excluding carboxylic acids is 1. The Labute approximate surface area is 108 Å². The van der Waals surface area contributed by atoms with Gasteiger partial charge in [-0.2, -0.15) is 0 Å². The molecule has 2 N–H and O–H groups in total. The molecule has 94 valence electrons. The van der Waals surface area contributed by atoms with Crippen molar-refractivity contribution in [3.63, 3.8) is 0 Å². The SMILES string of the molecule is CC1=C(C(=O)NCCc2ccccc2)CC=CN1. The van der Waals surface area contributed by atoms with Crippen molar-refractivity contribution in [2.24, 2.45) is 0 Å². The Morgan fingerprint density at radius 3 is 2.83 bits per heavy atom. The molecule has 2 rings (SSSR count). The maximum absolute atomic E-state index is 12.0. The van der Waals surface area contributed by atoms with Crippen molar-refractivity contribution >= 4 is 5.91 Å². The van der Waals surface area contributed by atoms with Gasteiger partial charge in [-0.1, -0.05) is 36.4 Å². The lowest BCUT2D eigenvalue weighted by Crippen LogP contribution is -2.29. The average molecular weight is 242 g/mol. The van der Waals surface area contributed by atoms with Crippen LogP contribution in [0.3, 0.4) is 0 Å². The predicted molar refractivity (Wildman–Crippen MR) is 72.7 cm³/mol. The molecule has 1 aromatic rings. The zero-order valence-electron chi connectivity index (χ0n) is 10.6. The highest BCUT2D eigenvalue weighted by molar-refractivity contribution is 5.94. The Bertz CT molecular complexity index is 475. The van der Waals surface area contributed by atoms with Crippen LogP contribution in [-0.2, 0) is 11.2 Å². The average Bonchev–Trinajstić information content (AvgIpc) is 2.40. The van der Waals surface area contributed by atoms with Crippen LogP contribution in [0.15, 0.2) is 53.9 Å². The van der Waals surface area contributed by atoms with E-state index in [0.29, 0.717) is 13.0 Å². The molecule has 0 aliphatic carbocycles. The number of dihydropyridines is 1. The van der Waals surface area contributed by atoms with Gasteiger partial charge in [-0.15, -0.1) is 0 Å². The van der Waals surface area contributed by atoms with E-state index >= 15 is 0 Å². The van der Waals surface area contributed by atoms with Gasteiger partial charge in [0.25, 0.3) is 0 Å². The quantitative estimate of drug-likeness (QED) is 0.849. The second kappa shape index (κ2) is 6.05. The molecule has 1 aliphatic rings. The number of allylic oxidation sites excluding steroid dienone is 2. The second-order valence-electron chi connectivity index (χ2n) is 4.35. The first-order valence-electron chi connectivity index (χ1n) is 6.21. The van der Waals surface area contributed by atoms with Gasteiger partial charge in [0.2, 0.25) is 5.91 Å². The minimum Gasteiger partial charge on any atom is -0.365 e. The molecule has 0 aromatic heterocycles. The fourth-order valence-corrected chi connectivity index (χ4v) is 1.94. The zero-order chi connectivity index (χ0) is 12.8. The van der Waals surface area contributed by atoms with E-state index in [0.717, 1.165) is 17.7 Å². The maximum Gasteiger partial charge on any atom is 0.249 e. The van der Waals surface area contributed by atoms with E-state index < -0.39 is 0 Å². The van der Waals surface area contributed by atoms with Gasteiger partial charge >= 0.3 is 0 Å². The Kier molecular flexibility index (Phi) is 4.18. The Hall–Kier alpha value is -2.03. The minimum absolute atomic E-state index is 0.0280. The molecule has 1 heterocycles. The van der Waals surface area contributed by atoms with Crippen LogP contribution < -0.4 is 10.6 Å². The molecular formula is C15H18N2O. The third-order valence-corrected chi connectivity index (χ3v) is 3.01. The van der Waals surface area contributed by atoms with Crippen LogP contribution in [-0.4, -0.2) is 12.5 Å². The molecule has 0 radical (unpaired) electrons. The third kappa shape index (κ3) is 3.23. The monoisotopic (exact) mass is 242 g/mol. The van der Waals surface area contributed by atoms with Crippen LogP contribution in [0.1, 0.15) is 18.9 Å². The number of benzene rings is 1. The van der Waals surface area contributed by atoms with Crippen LogP contribution in [0, 0.1) is 0 Å². The van der Waals surface area contributed by atoms with Gasteiger partial charge in [0.05, 0.1) is 0 Å². The molecule has 1 aromatic carbocycles. The normalized spacial score (nSPS) is 14.3. The number of hydrogen-bond acceptors (Lipinski definition) is 2. The highest BCUT2D eigenvalue weighted by Gasteiger charge is 2.12. The number of rotatable bonds is 4. The Morgan fingerprint density at radius 2 is 2.11 bits per heavy atom. The lowest BCUT2D eigenvalue weighted by Gasteiger charge is -2.14. The largest absolute Gasteiger partial charge is 0.365 e. The number of amides is 1. The van der Waals surface area contributed by atoms with Gasteiger partial charge in [-0.3, -0.25) is 4.79 Å². The summed E-state index contributed by atoms with van der Waals surface area (Å²) in [5, 5.41) is 6.02. The molecule has 0 saturated heterocycles. The Balaban J connectivity index is 1.82. The standard InChI is InChI=1S/C15H18N2O/c1-12-14(8-5-10-16-12)15(18)17-11-9-13-6-3-2-4-7-13/h2-7,10,16H,8-9,11H2,1H3,(H,17,18). The number of carbonyl (C=O) groups is 1. The summed E-state index contributed by atoms with van der Waals surface area (Å²) in [6.45, 7) is 2.60. The summed E-state index contributed by atoms with van der Waals surface area (Å²) in [6, 6.07) is 10.2. The van der Waals surface area contributed by atoms with Crippen molar-refractivity contribution in [2.75, 3.05) is 6.54 Å². The summed E-state index contributed by atoms with van der Waals surface area (Å²) in [5.41, 5.74) is 3.01. The molecule has 18 heavy (non-hydrogen) atoms. The van der Waals surface area contributed by atoms with E-state index in [1.165, 1.54) is 5.56 Å². The zero-order valence-corrected chi connectivity index (χ0v) is 10.6. The molecule has 0 spiro atoms. The molecular weight excluding hydrogens is 224 g/mol. The van der Waals surface area contributed by atoms with Gasteiger partial charge in [-0.25, -0.2) is 0 Å². The third-order valence-electron chi connectivity index (χ3n) is 3.01. The molecule has 1 aliphatic heterocycles. The van der Waals surface area contributed by atoms with Gasteiger partial charge in [0.1, 0.15) is 0 Å². The summed E-state index contributed by atoms with van der Waals surface area (Å²) < 4.78 is 0. The van der Waals surface area contributed by atoms with E-state index in [1.807, 2.05) is 37.4 Å². The molecule has 0 saturated carbocycles. The van der Waals surface area contributed by atoms with E-state index in [1.54, 1.807) is 0 Å². The summed E-state index contributed by atoms with van der Waals surface area (Å²) >= 11 is 0. The lowest BCUT2D eigenvalue weighted by molar-refractivity contribution is -0.117. The van der Waals surface area contributed by atoms with Crippen molar-refractivity contribution in [1.29, 1.82) is 0 Å².